The predicted molar refractivity (Wildman–Crippen MR) is 62.8 cm³/mol. The molecule has 3 heterocycles. The van der Waals surface area contributed by atoms with Gasteiger partial charge in [-0.15, -0.1) is 0 Å². The molecule has 1 aliphatic heterocycles. The van der Waals surface area contributed by atoms with Gasteiger partial charge in [0.2, 0.25) is 5.88 Å². The number of piperidine rings is 1. The molecule has 2 unspecified atom stereocenters. The molecule has 2 aromatic rings. The fourth-order valence-electron chi connectivity index (χ4n) is 2.09. The van der Waals surface area contributed by atoms with Crippen molar-refractivity contribution in [3.8, 4) is 5.88 Å². The zero-order valence-electron chi connectivity index (χ0n) is 9.68. The fourth-order valence-corrected chi connectivity index (χ4v) is 2.09. The molecule has 2 atom stereocenters. The maximum absolute atomic E-state index is 5.95. The van der Waals surface area contributed by atoms with Crippen molar-refractivity contribution in [2.24, 2.45) is 5.92 Å². The van der Waals surface area contributed by atoms with Gasteiger partial charge in [0.25, 0.3) is 0 Å². The smallest absolute Gasteiger partial charge is 0.243 e. The van der Waals surface area contributed by atoms with Gasteiger partial charge in [-0.1, -0.05) is 6.92 Å². The number of aromatic amines is 1. The van der Waals surface area contributed by atoms with Crippen LogP contribution < -0.4 is 10.1 Å². The minimum Gasteiger partial charge on any atom is -0.471 e. The Morgan fingerprint density at radius 1 is 1.35 bits per heavy atom. The molecule has 2 aromatic heterocycles. The molecular formula is C11H15N5O. The van der Waals surface area contributed by atoms with Gasteiger partial charge in [-0.05, 0) is 18.9 Å². The number of fused-ring (bicyclic) bond motifs is 1. The number of rotatable bonds is 2. The van der Waals surface area contributed by atoms with E-state index in [1.165, 1.54) is 6.33 Å². The zero-order valence-corrected chi connectivity index (χ0v) is 9.68. The Labute approximate surface area is 98.8 Å². The Bertz CT molecular complexity index is 511. The number of hydrogen-bond acceptors (Lipinski definition) is 5. The second-order valence-corrected chi connectivity index (χ2v) is 4.41. The molecule has 3 rings (SSSR count). The zero-order chi connectivity index (χ0) is 11.7. The van der Waals surface area contributed by atoms with Crippen LogP contribution in [0.3, 0.4) is 0 Å². The maximum Gasteiger partial charge on any atom is 0.243 e. The largest absolute Gasteiger partial charge is 0.471 e. The molecular weight excluding hydrogens is 218 g/mol. The van der Waals surface area contributed by atoms with Gasteiger partial charge in [0.15, 0.2) is 5.65 Å². The Balaban J connectivity index is 1.86. The highest BCUT2D eigenvalue weighted by atomic mass is 16.5. The first-order valence-corrected chi connectivity index (χ1v) is 5.86. The van der Waals surface area contributed by atoms with E-state index in [9.17, 15) is 0 Å². The van der Waals surface area contributed by atoms with Crippen LogP contribution in [0.4, 0.5) is 0 Å². The number of H-pyrrole nitrogens is 1. The molecule has 90 valence electrons. The number of nitrogens with one attached hydrogen (secondary N) is 2. The van der Waals surface area contributed by atoms with Crippen LogP contribution in [0.2, 0.25) is 0 Å². The van der Waals surface area contributed by atoms with Crippen LogP contribution in [-0.2, 0) is 0 Å². The summed E-state index contributed by atoms with van der Waals surface area (Å²) in [6, 6.07) is 0. The van der Waals surface area contributed by atoms with E-state index in [-0.39, 0.29) is 6.10 Å². The maximum atomic E-state index is 5.95. The lowest BCUT2D eigenvalue weighted by Crippen LogP contribution is -2.43. The Morgan fingerprint density at radius 2 is 2.29 bits per heavy atom. The van der Waals surface area contributed by atoms with Crippen molar-refractivity contribution in [3.05, 3.63) is 12.7 Å². The molecule has 1 aliphatic rings. The standard InChI is InChI=1S/C11H15N5O/c1-7-2-3-12-4-8(7)17-11-9-10(14-5-13-9)15-6-16-11/h5-8,12H,2-4H2,1H3,(H,13,14,15,16). The second-order valence-electron chi connectivity index (χ2n) is 4.41. The van der Waals surface area contributed by atoms with Crippen molar-refractivity contribution in [1.82, 2.24) is 25.3 Å². The van der Waals surface area contributed by atoms with Gasteiger partial charge >= 0.3 is 0 Å². The molecule has 6 heteroatoms. The van der Waals surface area contributed by atoms with Crippen molar-refractivity contribution in [3.63, 3.8) is 0 Å². The average molecular weight is 233 g/mol. The fraction of sp³-hybridized carbons (Fsp3) is 0.545. The van der Waals surface area contributed by atoms with Gasteiger partial charge in [-0.3, -0.25) is 0 Å². The van der Waals surface area contributed by atoms with Gasteiger partial charge in [-0.2, -0.15) is 4.98 Å². The third-order valence-corrected chi connectivity index (χ3v) is 3.21. The minimum atomic E-state index is 0.158. The van der Waals surface area contributed by atoms with Crippen molar-refractivity contribution < 1.29 is 4.74 Å². The first-order chi connectivity index (χ1) is 8.34. The highest BCUT2D eigenvalue weighted by Gasteiger charge is 2.24. The highest BCUT2D eigenvalue weighted by Crippen LogP contribution is 2.22. The number of imidazole rings is 1. The molecule has 0 amide bonds. The van der Waals surface area contributed by atoms with Crippen LogP contribution in [0.15, 0.2) is 12.7 Å². The summed E-state index contributed by atoms with van der Waals surface area (Å²) in [5.74, 6) is 1.12. The first-order valence-electron chi connectivity index (χ1n) is 5.86. The minimum absolute atomic E-state index is 0.158. The SMILES string of the molecule is CC1CCNCC1Oc1ncnc2nc[nH]c12. The van der Waals surface area contributed by atoms with E-state index in [1.807, 2.05) is 0 Å². The van der Waals surface area contributed by atoms with Crippen LogP contribution in [-0.4, -0.2) is 39.1 Å². The molecule has 6 nitrogen and oxygen atoms in total. The van der Waals surface area contributed by atoms with Crippen LogP contribution in [0, 0.1) is 5.92 Å². The Morgan fingerprint density at radius 3 is 3.18 bits per heavy atom. The van der Waals surface area contributed by atoms with Crippen molar-refractivity contribution in [2.75, 3.05) is 13.1 Å². The molecule has 0 saturated carbocycles. The summed E-state index contributed by atoms with van der Waals surface area (Å²) < 4.78 is 5.95. The summed E-state index contributed by atoms with van der Waals surface area (Å²) in [7, 11) is 0. The molecule has 0 bridgehead atoms. The predicted octanol–water partition coefficient (Wildman–Crippen LogP) is 0.730. The van der Waals surface area contributed by atoms with Gasteiger partial charge in [0.05, 0.1) is 6.33 Å². The highest BCUT2D eigenvalue weighted by molar-refractivity contribution is 5.74. The summed E-state index contributed by atoms with van der Waals surface area (Å²) in [5.41, 5.74) is 1.41. The van der Waals surface area contributed by atoms with E-state index in [1.54, 1.807) is 6.33 Å². The monoisotopic (exact) mass is 233 g/mol. The third kappa shape index (κ3) is 1.95. The average Bonchev–Trinajstić information content (AvgIpc) is 2.81. The molecule has 1 fully saturated rings. The van der Waals surface area contributed by atoms with Gasteiger partial charge in [0.1, 0.15) is 17.9 Å². The first kappa shape index (κ1) is 10.5. The van der Waals surface area contributed by atoms with Crippen molar-refractivity contribution in [2.45, 2.75) is 19.4 Å². The summed E-state index contributed by atoms with van der Waals surface area (Å²) in [4.78, 5) is 15.3. The van der Waals surface area contributed by atoms with Crippen molar-refractivity contribution >= 4 is 11.2 Å². The number of nitrogens with zero attached hydrogens (tertiary/aromatic N) is 3. The molecule has 0 spiro atoms. The summed E-state index contributed by atoms with van der Waals surface area (Å²) >= 11 is 0. The van der Waals surface area contributed by atoms with Crippen molar-refractivity contribution in [1.29, 1.82) is 0 Å². The van der Waals surface area contributed by atoms with E-state index in [0.717, 1.165) is 25.0 Å². The van der Waals surface area contributed by atoms with E-state index in [0.29, 0.717) is 17.4 Å². The molecule has 17 heavy (non-hydrogen) atoms. The topological polar surface area (TPSA) is 75.7 Å². The van der Waals surface area contributed by atoms with E-state index < -0.39 is 0 Å². The lowest BCUT2D eigenvalue weighted by Gasteiger charge is -2.29. The number of hydrogen-bond donors (Lipinski definition) is 2. The van der Waals surface area contributed by atoms with Gasteiger partial charge in [-0.25, -0.2) is 9.97 Å². The van der Waals surface area contributed by atoms with Crippen LogP contribution in [0.5, 0.6) is 5.88 Å². The second kappa shape index (κ2) is 4.29. The lowest BCUT2D eigenvalue weighted by atomic mass is 9.97. The van der Waals surface area contributed by atoms with E-state index in [2.05, 4.69) is 32.2 Å². The molecule has 0 radical (unpaired) electrons. The molecule has 0 aromatic carbocycles. The van der Waals surface area contributed by atoms with Crippen LogP contribution in [0.1, 0.15) is 13.3 Å². The molecule has 2 N–H and O–H groups in total. The van der Waals surface area contributed by atoms with Gasteiger partial charge < -0.3 is 15.0 Å². The molecule has 1 saturated heterocycles. The van der Waals surface area contributed by atoms with Crippen LogP contribution in [0.25, 0.3) is 11.2 Å². The third-order valence-electron chi connectivity index (χ3n) is 3.21. The quantitative estimate of drug-likeness (QED) is 0.799. The summed E-state index contributed by atoms with van der Waals surface area (Å²) in [5, 5.41) is 3.33. The Kier molecular flexibility index (Phi) is 2.64. The van der Waals surface area contributed by atoms with E-state index >= 15 is 0 Å². The summed E-state index contributed by atoms with van der Waals surface area (Å²) in [6.07, 6.45) is 4.38. The van der Waals surface area contributed by atoms with Crippen LogP contribution >= 0.6 is 0 Å². The normalized spacial score (nSPS) is 25.0. The number of ether oxygens (including phenoxy) is 1. The van der Waals surface area contributed by atoms with E-state index in [4.69, 9.17) is 4.74 Å². The lowest BCUT2D eigenvalue weighted by molar-refractivity contribution is 0.111. The summed E-state index contributed by atoms with van der Waals surface area (Å²) in [6.45, 7) is 4.13. The number of aromatic nitrogens is 4. The molecule has 0 aliphatic carbocycles. The Hall–Kier alpha value is -1.69. The van der Waals surface area contributed by atoms with Gasteiger partial charge in [0, 0.05) is 6.54 Å².